The molecule has 6 nitrogen and oxygen atoms in total. The zero-order valence-electron chi connectivity index (χ0n) is 17.0. The monoisotopic (exact) mass is 409 g/mol. The molecule has 3 N–H and O–H groups in total. The first-order valence-electron chi connectivity index (χ1n) is 10.0. The summed E-state index contributed by atoms with van der Waals surface area (Å²) < 4.78 is 11.3. The number of anilines is 1. The van der Waals surface area contributed by atoms with Crippen molar-refractivity contribution in [2.75, 3.05) is 25.1 Å². The first kappa shape index (κ1) is 21.6. The van der Waals surface area contributed by atoms with Crippen LogP contribution in [-0.2, 0) is 4.74 Å². The molecule has 3 rings (SSSR count). The third-order valence-corrected chi connectivity index (χ3v) is 4.91. The Balaban J connectivity index is 1.80. The van der Waals surface area contributed by atoms with Crippen molar-refractivity contribution in [3.05, 3.63) is 72.3 Å². The number of carbonyl (C=O) groups excluding carboxylic acids is 1. The van der Waals surface area contributed by atoms with Gasteiger partial charge in [-0.25, -0.2) is 4.79 Å². The number of hydrogen-bond donors (Lipinski definition) is 3. The van der Waals surface area contributed by atoms with Crippen molar-refractivity contribution in [2.24, 2.45) is 5.92 Å². The molecule has 0 aliphatic heterocycles. The highest BCUT2D eigenvalue weighted by molar-refractivity contribution is 6.00. The van der Waals surface area contributed by atoms with E-state index in [1.54, 1.807) is 12.1 Å². The smallest absolute Gasteiger partial charge is 0.412 e. The average molecular weight is 409 g/mol. The van der Waals surface area contributed by atoms with E-state index in [1.165, 1.54) is 0 Å². The van der Waals surface area contributed by atoms with E-state index in [1.807, 2.05) is 61.5 Å². The fourth-order valence-electron chi connectivity index (χ4n) is 3.40. The molecule has 0 saturated carbocycles. The minimum atomic E-state index is -0.567. The molecule has 0 spiro atoms. The zero-order valence-corrected chi connectivity index (χ0v) is 17.0. The third-order valence-electron chi connectivity index (χ3n) is 4.91. The van der Waals surface area contributed by atoms with Crippen molar-refractivity contribution < 1.29 is 24.5 Å². The summed E-state index contributed by atoms with van der Waals surface area (Å²) in [5.74, 6) is 0.474. The van der Waals surface area contributed by atoms with Crippen molar-refractivity contribution >= 4 is 22.6 Å². The summed E-state index contributed by atoms with van der Waals surface area (Å²) in [5, 5.41) is 23.1. The Bertz CT molecular complexity index is 969. The van der Waals surface area contributed by atoms with Gasteiger partial charge in [-0.05, 0) is 41.5 Å². The molecule has 0 fully saturated rings. The summed E-state index contributed by atoms with van der Waals surface area (Å²) >= 11 is 0. The zero-order chi connectivity index (χ0) is 21.3. The van der Waals surface area contributed by atoms with Crippen LogP contribution in [0.3, 0.4) is 0 Å². The summed E-state index contributed by atoms with van der Waals surface area (Å²) in [6, 6.07) is 20.7. The third kappa shape index (κ3) is 5.49. The second-order valence-electron chi connectivity index (χ2n) is 7.11. The summed E-state index contributed by atoms with van der Waals surface area (Å²) in [7, 11) is 0. The lowest BCUT2D eigenvalue weighted by Gasteiger charge is -2.25. The Morgan fingerprint density at radius 1 is 1.00 bits per heavy atom. The topological polar surface area (TPSA) is 88.0 Å². The lowest BCUT2D eigenvalue weighted by Crippen LogP contribution is -2.22. The van der Waals surface area contributed by atoms with Crippen LogP contribution in [0.2, 0.25) is 0 Å². The van der Waals surface area contributed by atoms with E-state index in [4.69, 9.17) is 14.6 Å². The van der Waals surface area contributed by atoms with Gasteiger partial charge in [0.2, 0.25) is 0 Å². The van der Waals surface area contributed by atoms with E-state index >= 15 is 0 Å². The van der Waals surface area contributed by atoms with Crippen LogP contribution in [0.15, 0.2) is 66.7 Å². The Kier molecular flexibility index (Phi) is 7.65. The number of aliphatic hydroxyl groups excluding tert-OH is 2. The van der Waals surface area contributed by atoms with E-state index in [0.717, 1.165) is 16.3 Å². The van der Waals surface area contributed by atoms with Gasteiger partial charge >= 0.3 is 6.09 Å². The standard InChI is InChI=1S/C24H27NO5/c1-17(12-13-26)23(19-8-4-9-20(16-19)29-15-14-27)30-24(28)25-22-11-5-7-18-6-2-3-10-21(18)22/h2-11,16-17,23,26-27H,12-15H2,1H3,(H,25,28)/t17-,23-/m1/s1. The molecule has 0 aliphatic carbocycles. The quantitative estimate of drug-likeness (QED) is 0.484. The van der Waals surface area contributed by atoms with E-state index in [9.17, 15) is 9.90 Å². The van der Waals surface area contributed by atoms with Crippen molar-refractivity contribution in [3.63, 3.8) is 0 Å². The van der Waals surface area contributed by atoms with Gasteiger partial charge in [-0.1, -0.05) is 55.5 Å². The van der Waals surface area contributed by atoms with Crippen molar-refractivity contribution in [2.45, 2.75) is 19.4 Å². The molecular formula is C24H27NO5. The van der Waals surface area contributed by atoms with Crippen LogP contribution >= 0.6 is 0 Å². The van der Waals surface area contributed by atoms with Crippen LogP contribution in [0, 0.1) is 5.92 Å². The molecular weight excluding hydrogens is 382 g/mol. The average Bonchev–Trinajstić information content (AvgIpc) is 2.76. The van der Waals surface area contributed by atoms with Gasteiger partial charge in [0, 0.05) is 12.0 Å². The SMILES string of the molecule is C[C@H](CCO)[C@@H](OC(=O)Nc1cccc2ccccc12)c1cccc(OCCO)c1. The normalized spacial score (nSPS) is 12.9. The molecule has 30 heavy (non-hydrogen) atoms. The summed E-state index contributed by atoms with van der Waals surface area (Å²) in [5.41, 5.74) is 1.44. The Hall–Kier alpha value is -3.09. The molecule has 0 aromatic heterocycles. The van der Waals surface area contributed by atoms with Gasteiger partial charge in [0.1, 0.15) is 18.5 Å². The minimum absolute atomic E-state index is 0.00727. The first-order valence-corrected chi connectivity index (χ1v) is 10.0. The van der Waals surface area contributed by atoms with Crippen LogP contribution in [0.25, 0.3) is 10.8 Å². The number of nitrogens with one attached hydrogen (secondary N) is 1. The lowest BCUT2D eigenvalue weighted by molar-refractivity contribution is 0.0665. The molecule has 1 amide bonds. The molecule has 3 aromatic carbocycles. The Morgan fingerprint density at radius 2 is 1.77 bits per heavy atom. The van der Waals surface area contributed by atoms with Crippen molar-refractivity contribution in [1.29, 1.82) is 0 Å². The van der Waals surface area contributed by atoms with Crippen LogP contribution in [-0.4, -0.2) is 36.1 Å². The highest BCUT2D eigenvalue weighted by atomic mass is 16.6. The van der Waals surface area contributed by atoms with Gasteiger partial charge in [-0.3, -0.25) is 5.32 Å². The fourth-order valence-corrected chi connectivity index (χ4v) is 3.40. The van der Waals surface area contributed by atoms with E-state index in [0.29, 0.717) is 17.9 Å². The maximum atomic E-state index is 12.7. The number of aliphatic hydroxyl groups is 2. The maximum Gasteiger partial charge on any atom is 0.412 e. The fraction of sp³-hybridized carbons (Fsp3) is 0.292. The largest absolute Gasteiger partial charge is 0.491 e. The number of ether oxygens (including phenoxy) is 2. The summed E-state index contributed by atoms with van der Waals surface area (Å²) in [4.78, 5) is 12.7. The van der Waals surface area contributed by atoms with E-state index < -0.39 is 12.2 Å². The van der Waals surface area contributed by atoms with Crippen LogP contribution in [0.4, 0.5) is 10.5 Å². The molecule has 6 heteroatoms. The number of carbonyl (C=O) groups is 1. The number of rotatable bonds is 9. The van der Waals surface area contributed by atoms with Gasteiger partial charge in [0.25, 0.3) is 0 Å². The Morgan fingerprint density at radius 3 is 2.57 bits per heavy atom. The molecule has 0 saturated heterocycles. The van der Waals surface area contributed by atoms with Gasteiger partial charge in [0.15, 0.2) is 0 Å². The maximum absolute atomic E-state index is 12.7. The molecule has 2 atom stereocenters. The molecule has 0 bridgehead atoms. The van der Waals surface area contributed by atoms with Crippen LogP contribution in [0.5, 0.6) is 5.75 Å². The van der Waals surface area contributed by atoms with Gasteiger partial charge < -0.3 is 19.7 Å². The minimum Gasteiger partial charge on any atom is -0.491 e. The lowest BCUT2D eigenvalue weighted by atomic mass is 9.94. The number of fused-ring (bicyclic) bond motifs is 1. The van der Waals surface area contributed by atoms with Gasteiger partial charge in [-0.15, -0.1) is 0 Å². The van der Waals surface area contributed by atoms with Gasteiger partial charge in [-0.2, -0.15) is 0 Å². The summed E-state index contributed by atoms with van der Waals surface area (Å²) in [6.07, 6.45) is -0.652. The number of amides is 1. The van der Waals surface area contributed by atoms with E-state index in [-0.39, 0.29) is 25.7 Å². The van der Waals surface area contributed by atoms with Gasteiger partial charge in [0.05, 0.1) is 12.3 Å². The predicted molar refractivity (Wildman–Crippen MR) is 117 cm³/mol. The second kappa shape index (κ2) is 10.6. The molecule has 0 unspecified atom stereocenters. The molecule has 0 heterocycles. The number of hydrogen-bond acceptors (Lipinski definition) is 5. The number of benzene rings is 3. The van der Waals surface area contributed by atoms with Crippen molar-refractivity contribution in [3.8, 4) is 5.75 Å². The molecule has 0 aliphatic rings. The van der Waals surface area contributed by atoms with Crippen molar-refractivity contribution in [1.82, 2.24) is 0 Å². The molecule has 0 radical (unpaired) electrons. The molecule has 158 valence electrons. The predicted octanol–water partition coefficient (Wildman–Crippen LogP) is 4.52. The second-order valence-corrected chi connectivity index (χ2v) is 7.11. The first-order chi connectivity index (χ1) is 14.6. The Labute approximate surface area is 176 Å². The molecule has 3 aromatic rings. The van der Waals surface area contributed by atoms with Crippen LogP contribution < -0.4 is 10.1 Å². The highest BCUT2D eigenvalue weighted by Crippen LogP contribution is 2.31. The summed E-state index contributed by atoms with van der Waals surface area (Å²) in [6.45, 7) is 2.02. The highest BCUT2D eigenvalue weighted by Gasteiger charge is 2.24. The van der Waals surface area contributed by atoms with Crippen LogP contribution in [0.1, 0.15) is 25.0 Å². The van der Waals surface area contributed by atoms with E-state index in [2.05, 4.69) is 5.32 Å².